The van der Waals surface area contributed by atoms with E-state index in [4.69, 9.17) is 0 Å². The summed E-state index contributed by atoms with van der Waals surface area (Å²) >= 11 is 0. The maximum Gasteiger partial charge on any atom is 0.0706 e. The lowest BCUT2D eigenvalue weighted by Gasteiger charge is -2.29. The topological polar surface area (TPSA) is 32.6 Å². The maximum absolute atomic E-state index is 4.36. The molecule has 1 atom stereocenters. The Morgan fingerprint density at radius 1 is 1.42 bits per heavy atom. The van der Waals surface area contributed by atoms with E-state index < -0.39 is 0 Å². The normalized spacial score (nSPS) is 21.0. The van der Waals surface area contributed by atoms with Gasteiger partial charge >= 0.3 is 0 Å². The Balaban J connectivity index is 1.55. The Kier molecular flexibility index (Phi) is 3.80. The van der Waals surface area contributed by atoms with Gasteiger partial charge in [0.1, 0.15) is 0 Å². The van der Waals surface area contributed by atoms with Gasteiger partial charge in [-0.3, -0.25) is 0 Å². The lowest BCUT2D eigenvalue weighted by atomic mass is 9.98. The van der Waals surface area contributed by atoms with Crippen LogP contribution >= 0.6 is 0 Å². The summed E-state index contributed by atoms with van der Waals surface area (Å²) in [4.78, 5) is 2.44. The van der Waals surface area contributed by atoms with Crippen molar-refractivity contribution in [2.24, 2.45) is 5.92 Å². The third-order valence-electron chi connectivity index (χ3n) is 3.98. The van der Waals surface area contributed by atoms with Crippen molar-refractivity contribution in [3.05, 3.63) is 36.2 Å². The smallest absolute Gasteiger partial charge is 0.0706 e. The third kappa shape index (κ3) is 2.96. The SMILES string of the molecule is CN1CCCC(CNCc2cnn3ccccc23)C1. The van der Waals surface area contributed by atoms with Crippen molar-refractivity contribution >= 4 is 5.52 Å². The van der Waals surface area contributed by atoms with Crippen molar-refractivity contribution in [1.29, 1.82) is 0 Å². The van der Waals surface area contributed by atoms with Gasteiger partial charge in [-0.1, -0.05) is 6.07 Å². The number of nitrogens with one attached hydrogen (secondary N) is 1. The Morgan fingerprint density at radius 3 is 3.26 bits per heavy atom. The first-order valence-corrected chi connectivity index (χ1v) is 7.13. The summed E-state index contributed by atoms with van der Waals surface area (Å²) in [6, 6.07) is 6.20. The predicted molar refractivity (Wildman–Crippen MR) is 77.1 cm³/mol. The molecule has 19 heavy (non-hydrogen) atoms. The van der Waals surface area contributed by atoms with Crippen LogP contribution in [0, 0.1) is 5.92 Å². The van der Waals surface area contributed by atoms with Crippen LogP contribution in [-0.4, -0.2) is 41.2 Å². The zero-order valence-electron chi connectivity index (χ0n) is 11.5. The van der Waals surface area contributed by atoms with E-state index in [1.807, 2.05) is 23.0 Å². The number of rotatable bonds is 4. The Hall–Kier alpha value is -1.39. The molecule has 1 fully saturated rings. The second-order valence-corrected chi connectivity index (χ2v) is 5.60. The highest BCUT2D eigenvalue weighted by molar-refractivity contribution is 5.53. The second-order valence-electron chi connectivity index (χ2n) is 5.60. The summed E-state index contributed by atoms with van der Waals surface area (Å²) in [5.74, 6) is 0.792. The fourth-order valence-corrected chi connectivity index (χ4v) is 2.97. The highest BCUT2D eigenvalue weighted by Gasteiger charge is 2.16. The zero-order chi connectivity index (χ0) is 13.1. The van der Waals surface area contributed by atoms with Crippen LogP contribution in [-0.2, 0) is 6.54 Å². The van der Waals surface area contributed by atoms with E-state index in [0.29, 0.717) is 0 Å². The molecule has 1 saturated heterocycles. The second kappa shape index (κ2) is 5.72. The molecule has 0 saturated carbocycles. The molecule has 102 valence electrons. The molecule has 0 bridgehead atoms. The number of aromatic nitrogens is 2. The summed E-state index contributed by atoms with van der Waals surface area (Å²) < 4.78 is 1.94. The van der Waals surface area contributed by atoms with Crippen LogP contribution in [0.25, 0.3) is 5.52 Å². The van der Waals surface area contributed by atoms with Crippen molar-refractivity contribution in [1.82, 2.24) is 19.8 Å². The van der Waals surface area contributed by atoms with Gasteiger partial charge in [0, 0.05) is 24.8 Å². The molecule has 0 aliphatic carbocycles. The van der Waals surface area contributed by atoms with Crippen LogP contribution in [0.4, 0.5) is 0 Å². The van der Waals surface area contributed by atoms with Gasteiger partial charge < -0.3 is 10.2 Å². The van der Waals surface area contributed by atoms with Gasteiger partial charge in [-0.15, -0.1) is 0 Å². The van der Waals surface area contributed by atoms with E-state index in [1.165, 1.54) is 37.0 Å². The Labute approximate surface area is 114 Å². The molecule has 3 rings (SSSR count). The molecule has 1 unspecified atom stereocenters. The minimum absolute atomic E-state index is 0.792. The fourth-order valence-electron chi connectivity index (χ4n) is 2.97. The fraction of sp³-hybridized carbons (Fsp3) is 0.533. The average molecular weight is 258 g/mol. The zero-order valence-corrected chi connectivity index (χ0v) is 11.5. The number of piperidine rings is 1. The van der Waals surface area contributed by atoms with Crippen molar-refractivity contribution in [2.75, 3.05) is 26.7 Å². The molecular weight excluding hydrogens is 236 g/mol. The number of fused-ring (bicyclic) bond motifs is 1. The quantitative estimate of drug-likeness (QED) is 0.907. The summed E-state index contributed by atoms with van der Waals surface area (Å²) in [6.45, 7) is 4.49. The van der Waals surface area contributed by atoms with E-state index in [1.54, 1.807) is 0 Å². The molecule has 0 spiro atoms. The Bertz CT molecular complexity index is 534. The van der Waals surface area contributed by atoms with Crippen LogP contribution in [0.2, 0.25) is 0 Å². The summed E-state index contributed by atoms with van der Waals surface area (Å²) in [5, 5.41) is 7.95. The number of hydrogen-bond acceptors (Lipinski definition) is 3. The van der Waals surface area contributed by atoms with Crippen molar-refractivity contribution in [3.63, 3.8) is 0 Å². The number of pyridine rings is 1. The molecule has 4 heteroatoms. The Morgan fingerprint density at radius 2 is 2.37 bits per heavy atom. The van der Waals surface area contributed by atoms with Crippen LogP contribution in [0.3, 0.4) is 0 Å². The highest BCUT2D eigenvalue weighted by Crippen LogP contribution is 2.14. The van der Waals surface area contributed by atoms with E-state index >= 15 is 0 Å². The molecule has 0 radical (unpaired) electrons. The summed E-state index contributed by atoms with van der Waals surface area (Å²) in [6.07, 6.45) is 6.65. The molecule has 1 aliphatic heterocycles. The van der Waals surface area contributed by atoms with Gasteiger partial charge in [-0.25, -0.2) is 4.52 Å². The van der Waals surface area contributed by atoms with Gasteiger partial charge in [0.25, 0.3) is 0 Å². The number of likely N-dealkylation sites (tertiary alicyclic amines) is 1. The summed E-state index contributed by atoms with van der Waals surface area (Å²) in [5.41, 5.74) is 2.49. The lowest BCUT2D eigenvalue weighted by Crippen LogP contribution is -2.37. The molecule has 1 aliphatic rings. The highest BCUT2D eigenvalue weighted by atomic mass is 15.2. The minimum atomic E-state index is 0.792. The standard InChI is InChI=1S/C15H22N4/c1-18-7-4-5-13(12-18)9-16-10-14-11-17-19-8-3-2-6-15(14)19/h2-3,6,8,11,13,16H,4-5,7,9-10,12H2,1H3. The van der Waals surface area contributed by atoms with Gasteiger partial charge in [-0.05, 0) is 51.0 Å². The van der Waals surface area contributed by atoms with Gasteiger partial charge in [0.05, 0.1) is 11.7 Å². The third-order valence-corrected chi connectivity index (χ3v) is 3.98. The largest absolute Gasteiger partial charge is 0.312 e. The minimum Gasteiger partial charge on any atom is -0.312 e. The predicted octanol–water partition coefficient (Wildman–Crippen LogP) is 1.77. The van der Waals surface area contributed by atoms with Crippen LogP contribution in [0.15, 0.2) is 30.6 Å². The van der Waals surface area contributed by atoms with Gasteiger partial charge in [0.2, 0.25) is 0 Å². The first-order chi connectivity index (χ1) is 9.33. The molecule has 3 heterocycles. The first-order valence-electron chi connectivity index (χ1n) is 7.13. The van der Waals surface area contributed by atoms with Crippen LogP contribution < -0.4 is 5.32 Å². The first kappa shape index (κ1) is 12.6. The van der Waals surface area contributed by atoms with E-state index in [9.17, 15) is 0 Å². The number of nitrogens with zero attached hydrogens (tertiary/aromatic N) is 3. The van der Waals surface area contributed by atoms with Crippen molar-refractivity contribution < 1.29 is 0 Å². The van der Waals surface area contributed by atoms with E-state index in [2.05, 4.69) is 34.5 Å². The van der Waals surface area contributed by atoms with Crippen molar-refractivity contribution in [2.45, 2.75) is 19.4 Å². The molecule has 0 amide bonds. The molecule has 1 N–H and O–H groups in total. The lowest BCUT2D eigenvalue weighted by molar-refractivity contribution is 0.206. The molecule has 0 aromatic carbocycles. The van der Waals surface area contributed by atoms with E-state index in [0.717, 1.165) is 19.0 Å². The average Bonchev–Trinajstić information content (AvgIpc) is 2.83. The number of hydrogen-bond donors (Lipinski definition) is 1. The molecule has 4 nitrogen and oxygen atoms in total. The maximum atomic E-state index is 4.36. The van der Waals surface area contributed by atoms with Crippen molar-refractivity contribution in [3.8, 4) is 0 Å². The molecule has 2 aromatic heterocycles. The molecular formula is C15H22N4. The van der Waals surface area contributed by atoms with Crippen LogP contribution in [0.5, 0.6) is 0 Å². The monoisotopic (exact) mass is 258 g/mol. The molecule has 2 aromatic rings. The van der Waals surface area contributed by atoms with Gasteiger partial charge in [0.15, 0.2) is 0 Å². The van der Waals surface area contributed by atoms with Crippen LogP contribution in [0.1, 0.15) is 18.4 Å². The summed E-state index contributed by atoms with van der Waals surface area (Å²) in [7, 11) is 2.22. The van der Waals surface area contributed by atoms with E-state index in [-0.39, 0.29) is 0 Å². The van der Waals surface area contributed by atoms with Gasteiger partial charge in [-0.2, -0.15) is 5.10 Å².